The molecule has 0 atom stereocenters. The van der Waals surface area contributed by atoms with E-state index < -0.39 is 0 Å². The standard InChI is InChI=1S/C17H26N2O/c1-4-11-18-15-7-5-14(6-8-15)16(20)19-12-17(9-10-17)13(2)3/h5-8,13,18H,4,9-12H2,1-3H3,(H,19,20). The van der Waals surface area contributed by atoms with Crippen LogP contribution >= 0.6 is 0 Å². The van der Waals surface area contributed by atoms with E-state index in [1.165, 1.54) is 12.8 Å². The summed E-state index contributed by atoms with van der Waals surface area (Å²) in [5, 5.41) is 6.40. The smallest absolute Gasteiger partial charge is 0.251 e. The van der Waals surface area contributed by atoms with Gasteiger partial charge in [-0.2, -0.15) is 0 Å². The fourth-order valence-corrected chi connectivity index (χ4v) is 2.49. The Morgan fingerprint density at radius 1 is 1.25 bits per heavy atom. The van der Waals surface area contributed by atoms with Crippen LogP contribution in [-0.2, 0) is 0 Å². The maximum absolute atomic E-state index is 12.1. The van der Waals surface area contributed by atoms with Crippen molar-refractivity contribution in [1.82, 2.24) is 5.32 Å². The van der Waals surface area contributed by atoms with Crippen LogP contribution in [0.4, 0.5) is 5.69 Å². The van der Waals surface area contributed by atoms with E-state index in [-0.39, 0.29) is 5.91 Å². The quantitative estimate of drug-likeness (QED) is 0.796. The molecule has 1 aliphatic carbocycles. The van der Waals surface area contributed by atoms with Crippen molar-refractivity contribution in [3.8, 4) is 0 Å². The van der Waals surface area contributed by atoms with Crippen LogP contribution < -0.4 is 10.6 Å². The zero-order chi connectivity index (χ0) is 14.6. The van der Waals surface area contributed by atoms with E-state index in [1.807, 2.05) is 24.3 Å². The number of amides is 1. The molecule has 0 heterocycles. The number of nitrogens with one attached hydrogen (secondary N) is 2. The second-order valence-electron chi connectivity index (χ2n) is 6.20. The SMILES string of the molecule is CCCNc1ccc(C(=O)NCC2(C(C)C)CC2)cc1. The van der Waals surface area contributed by atoms with Crippen molar-refractivity contribution in [2.24, 2.45) is 11.3 Å². The van der Waals surface area contributed by atoms with Crippen molar-refractivity contribution in [2.45, 2.75) is 40.0 Å². The average molecular weight is 274 g/mol. The van der Waals surface area contributed by atoms with E-state index in [9.17, 15) is 4.79 Å². The molecule has 0 radical (unpaired) electrons. The summed E-state index contributed by atoms with van der Waals surface area (Å²) >= 11 is 0. The van der Waals surface area contributed by atoms with E-state index in [1.54, 1.807) is 0 Å². The minimum absolute atomic E-state index is 0.0407. The highest BCUT2D eigenvalue weighted by atomic mass is 16.1. The lowest BCUT2D eigenvalue weighted by Gasteiger charge is -2.20. The molecule has 0 aliphatic heterocycles. The van der Waals surface area contributed by atoms with E-state index in [0.29, 0.717) is 11.3 Å². The largest absolute Gasteiger partial charge is 0.385 e. The Hall–Kier alpha value is -1.51. The summed E-state index contributed by atoms with van der Waals surface area (Å²) in [6.07, 6.45) is 3.58. The topological polar surface area (TPSA) is 41.1 Å². The molecule has 0 bridgehead atoms. The highest BCUT2D eigenvalue weighted by molar-refractivity contribution is 5.94. The van der Waals surface area contributed by atoms with Crippen LogP contribution in [0.25, 0.3) is 0 Å². The van der Waals surface area contributed by atoms with Crippen molar-refractivity contribution in [2.75, 3.05) is 18.4 Å². The maximum atomic E-state index is 12.1. The van der Waals surface area contributed by atoms with Crippen LogP contribution in [0.3, 0.4) is 0 Å². The second-order valence-corrected chi connectivity index (χ2v) is 6.20. The first kappa shape index (κ1) is 14.9. The van der Waals surface area contributed by atoms with Crippen LogP contribution in [-0.4, -0.2) is 19.0 Å². The van der Waals surface area contributed by atoms with Gasteiger partial charge in [0.1, 0.15) is 0 Å². The van der Waals surface area contributed by atoms with Crippen molar-refractivity contribution in [1.29, 1.82) is 0 Å². The van der Waals surface area contributed by atoms with Crippen LogP contribution in [0.5, 0.6) is 0 Å². The van der Waals surface area contributed by atoms with Gasteiger partial charge in [0.2, 0.25) is 0 Å². The normalized spacial score (nSPS) is 16.0. The van der Waals surface area contributed by atoms with Crippen molar-refractivity contribution in [3.63, 3.8) is 0 Å². The Bertz CT molecular complexity index is 447. The summed E-state index contributed by atoms with van der Waals surface area (Å²) < 4.78 is 0. The molecule has 3 heteroatoms. The summed E-state index contributed by atoms with van der Waals surface area (Å²) in [5.74, 6) is 0.683. The minimum Gasteiger partial charge on any atom is -0.385 e. The Morgan fingerprint density at radius 2 is 1.90 bits per heavy atom. The number of hydrogen-bond donors (Lipinski definition) is 2. The van der Waals surface area contributed by atoms with Gasteiger partial charge in [0.25, 0.3) is 5.91 Å². The molecule has 0 aromatic heterocycles. The molecule has 110 valence electrons. The molecule has 0 unspecified atom stereocenters. The summed E-state index contributed by atoms with van der Waals surface area (Å²) in [7, 11) is 0. The Morgan fingerprint density at radius 3 is 2.40 bits per heavy atom. The lowest BCUT2D eigenvalue weighted by atomic mass is 9.92. The molecule has 2 N–H and O–H groups in total. The first-order valence-electron chi connectivity index (χ1n) is 7.69. The fraction of sp³-hybridized carbons (Fsp3) is 0.588. The zero-order valence-corrected chi connectivity index (χ0v) is 12.8. The van der Waals surface area contributed by atoms with Gasteiger partial charge in [0.15, 0.2) is 0 Å². The van der Waals surface area contributed by atoms with Crippen LogP contribution in [0.15, 0.2) is 24.3 Å². The molecule has 1 aromatic rings. The third-order valence-corrected chi connectivity index (χ3v) is 4.44. The average Bonchev–Trinajstić information content (AvgIpc) is 3.24. The number of carbonyl (C=O) groups excluding carboxylic acids is 1. The van der Waals surface area contributed by atoms with Crippen LogP contribution in [0.2, 0.25) is 0 Å². The molecular formula is C17H26N2O. The molecule has 2 rings (SSSR count). The predicted molar refractivity (Wildman–Crippen MR) is 84.1 cm³/mol. The van der Waals surface area contributed by atoms with Crippen LogP contribution in [0.1, 0.15) is 50.4 Å². The molecule has 1 saturated carbocycles. The molecule has 1 amide bonds. The minimum atomic E-state index is 0.0407. The summed E-state index contributed by atoms with van der Waals surface area (Å²) in [5.41, 5.74) is 2.18. The second kappa shape index (κ2) is 6.29. The lowest BCUT2D eigenvalue weighted by molar-refractivity contribution is 0.0940. The lowest BCUT2D eigenvalue weighted by Crippen LogP contribution is -2.32. The van der Waals surface area contributed by atoms with Crippen molar-refractivity contribution < 1.29 is 4.79 Å². The van der Waals surface area contributed by atoms with Gasteiger partial charge in [-0.05, 0) is 54.9 Å². The first-order chi connectivity index (χ1) is 9.57. The summed E-state index contributed by atoms with van der Waals surface area (Å²) in [6.45, 7) is 8.39. The molecule has 20 heavy (non-hydrogen) atoms. The third kappa shape index (κ3) is 3.53. The summed E-state index contributed by atoms with van der Waals surface area (Å²) in [4.78, 5) is 12.1. The van der Waals surface area contributed by atoms with E-state index >= 15 is 0 Å². The molecule has 1 aliphatic rings. The molecule has 0 spiro atoms. The number of hydrogen-bond acceptors (Lipinski definition) is 2. The highest BCUT2D eigenvalue weighted by Gasteiger charge is 2.45. The number of benzene rings is 1. The van der Waals surface area contributed by atoms with E-state index in [0.717, 1.165) is 30.8 Å². The maximum Gasteiger partial charge on any atom is 0.251 e. The third-order valence-electron chi connectivity index (χ3n) is 4.44. The fourth-order valence-electron chi connectivity index (χ4n) is 2.49. The van der Waals surface area contributed by atoms with Gasteiger partial charge in [-0.1, -0.05) is 20.8 Å². The first-order valence-corrected chi connectivity index (χ1v) is 7.69. The highest BCUT2D eigenvalue weighted by Crippen LogP contribution is 2.51. The van der Waals surface area contributed by atoms with Gasteiger partial charge >= 0.3 is 0 Å². The molecule has 3 nitrogen and oxygen atoms in total. The van der Waals surface area contributed by atoms with Gasteiger partial charge in [0, 0.05) is 24.3 Å². The van der Waals surface area contributed by atoms with Gasteiger partial charge in [-0.25, -0.2) is 0 Å². The Labute approximate surface area is 122 Å². The number of rotatable bonds is 7. The molecule has 1 aromatic carbocycles. The Balaban J connectivity index is 1.86. The Kier molecular flexibility index (Phi) is 4.69. The predicted octanol–water partition coefficient (Wildman–Crippen LogP) is 3.67. The van der Waals surface area contributed by atoms with Gasteiger partial charge in [-0.3, -0.25) is 4.79 Å². The summed E-state index contributed by atoms with van der Waals surface area (Å²) in [6, 6.07) is 7.73. The molecular weight excluding hydrogens is 248 g/mol. The number of carbonyl (C=O) groups is 1. The van der Waals surface area contributed by atoms with Crippen LogP contribution in [0, 0.1) is 11.3 Å². The monoisotopic (exact) mass is 274 g/mol. The molecule has 0 saturated heterocycles. The molecule has 1 fully saturated rings. The van der Waals surface area contributed by atoms with Crippen molar-refractivity contribution >= 4 is 11.6 Å². The van der Waals surface area contributed by atoms with Gasteiger partial charge in [-0.15, -0.1) is 0 Å². The number of anilines is 1. The zero-order valence-electron chi connectivity index (χ0n) is 12.8. The van der Waals surface area contributed by atoms with Crippen molar-refractivity contribution in [3.05, 3.63) is 29.8 Å². The van der Waals surface area contributed by atoms with E-state index in [2.05, 4.69) is 31.4 Å². The van der Waals surface area contributed by atoms with Gasteiger partial charge in [0.05, 0.1) is 0 Å². The van der Waals surface area contributed by atoms with Gasteiger partial charge < -0.3 is 10.6 Å². The van der Waals surface area contributed by atoms with E-state index in [4.69, 9.17) is 0 Å².